The molecule has 0 aliphatic rings. The Kier molecular flexibility index (Phi) is 4.57. The van der Waals surface area contributed by atoms with E-state index < -0.39 is 18.0 Å². The minimum atomic E-state index is -1.38. The second-order valence-electron chi connectivity index (χ2n) is 4.61. The summed E-state index contributed by atoms with van der Waals surface area (Å²) in [5.74, 6) is -0.859. The molecule has 1 aromatic carbocycles. The summed E-state index contributed by atoms with van der Waals surface area (Å²) in [7, 11) is 0. The van der Waals surface area contributed by atoms with Crippen molar-refractivity contribution < 1.29 is 18.7 Å². The van der Waals surface area contributed by atoms with Gasteiger partial charge in [-0.25, -0.2) is 4.39 Å². The lowest BCUT2D eigenvalue weighted by Crippen LogP contribution is -2.26. The summed E-state index contributed by atoms with van der Waals surface area (Å²) in [4.78, 5) is 14.6. The average Bonchev–Trinajstić information content (AvgIpc) is 2.95. The maximum absolute atomic E-state index is 13.6. The minimum absolute atomic E-state index is 0.143. The molecule has 0 aliphatic carbocycles. The van der Waals surface area contributed by atoms with Crippen LogP contribution in [0.1, 0.15) is 31.4 Å². The van der Waals surface area contributed by atoms with Gasteiger partial charge in [0.05, 0.1) is 17.8 Å². The molecular formula is C14H14FN3O3. The Labute approximate surface area is 119 Å². The van der Waals surface area contributed by atoms with Gasteiger partial charge in [0.15, 0.2) is 0 Å². The Hall–Kier alpha value is -2.37. The smallest absolute Gasteiger partial charge is 0.144 e. The van der Waals surface area contributed by atoms with Crippen molar-refractivity contribution in [3.8, 4) is 0 Å². The van der Waals surface area contributed by atoms with E-state index in [1.54, 1.807) is 6.92 Å². The van der Waals surface area contributed by atoms with Crippen molar-refractivity contribution in [1.29, 1.82) is 0 Å². The monoisotopic (exact) mass is 291 g/mol. The van der Waals surface area contributed by atoms with Crippen LogP contribution in [0, 0.1) is 5.82 Å². The summed E-state index contributed by atoms with van der Waals surface area (Å²) in [6.45, 7) is 1.81. The molecule has 2 rings (SSSR count). The van der Waals surface area contributed by atoms with Gasteiger partial charge in [-0.05, 0) is 30.2 Å². The maximum Gasteiger partial charge on any atom is 0.144 e. The van der Waals surface area contributed by atoms with Gasteiger partial charge >= 0.3 is 0 Å². The number of aliphatic hydroxyl groups is 1. The van der Waals surface area contributed by atoms with Crippen LogP contribution in [0.4, 0.5) is 4.39 Å². The van der Waals surface area contributed by atoms with Gasteiger partial charge in [0.1, 0.15) is 23.2 Å². The number of aliphatic hydroxyl groups excluding tert-OH is 1. The van der Waals surface area contributed by atoms with E-state index >= 15 is 0 Å². The molecule has 2 unspecified atom stereocenters. The molecule has 0 saturated heterocycles. The standard InChI is InChI=1S/C14H14FN3O3/c1-2-3-11(19)12(17-18-16)13(20)9-4-5-10(15)8-6-7-21-14(8)9/h4-7,12-13,20H,2-3H2,1H3. The number of benzene rings is 1. The van der Waals surface area contributed by atoms with E-state index in [0.29, 0.717) is 6.42 Å². The number of fused-ring (bicyclic) bond motifs is 1. The van der Waals surface area contributed by atoms with Gasteiger partial charge in [-0.1, -0.05) is 12.0 Å². The largest absolute Gasteiger partial charge is 0.464 e. The Bertz CT molecular complexity index is 707. The van der Waals surface area contributed by atoms with Crippen molar-refractivity contribution in [3.63, 3.8) is 0 Å². The highest BCUT2D eigenvalue weighted by Gasteiger charge is 2.28. The number of hydrogen-bond donors (Lipinski definition) is 1. The average molecular weight is 291 g/mol. The molecule has 0 saturated carbocycles. The molecule has 1 heterocycles. The van der Waals surface area contributed by atoms with Gasteiger partial charge in [-0.15, -0.1) is 0 Å². The van der Waals surface area contributed by atoms with Gasteiger partial charge in [-0.2, -0.15) is 0 Å². The second kappa shape index (κ2) is 6.39. The van der Waals surface area contributed by atoms with Crippen molar-refractivity contribution in [2.75, 3.05) is 0 Å². The Morgan fingerprint density at radius 1 is 1.52 bits per heavy atom. The quantitative estimate of drug-likeness (QED) is 0.499. The van der Waals surface area contributed by atoms with E-state index in [-0.39, 0.29) is 28.7 Å². The third-order valence-corrected chi connectivity index (χ3v) is 3.21. The van der Waals surface area contributed by atoms with Crippen LogP contribution in [0.5, 0.6) is 0 Å². The zero-order chi connectivity index (χ0) is 15.4. The first-order valence-electron chi connectivity index (χ1n) is 6.50. The number of furan rings is 1. The molecule has 0 radical (unpaired) electrons. The highest BCUT2D eigenvalue weighted by molar-refractivity contribution is 5.87. The van der Waals surface area contributed by atoms with Crippen LogP contribution in [0.2, 0.25) is 0 Å². The van der Waals surface area contributed by atoms with Crippen LogP contribution in [-0.2, 0) is 4.79 Å². The predicted molar refractivity (Wildman–Crippen MR) is 74.0 cm³/mol. The van der Waals surface area contributed by atoms with E-state index in [9.17, 15) is 14.3 Å². The van der Waals surface area contributed by atoms with E-state index in [2.05, 4.69) is 10.0 Å². The van der Waals surface area contributed by atoms with Gasteiger partial charge in [-0.3, -0.25) is 4.79 Å². The maximum atomic E-state index is 13.6. The van der Waals surface area contributed by atoms with Gasteiger partial charge in [0.2, 0.25) is 0 Å². The third-order valence-electron chi connectivity index (χ3n) is 3.21. The minimum Gasteiger partial charge on any atom is -0.464 e. The number of azide groups is 1. The third kappa shape index (κ3) is 2.89. The molecule has 6 nitrogen and oxygen atoms in total. The Morgan fingerprint density at radius 2 is 2.29 bits per heavy atom. The number of nitrogens with zero attached hydrogens (tertiary/aromatic N) is 3. The van der Waals surface area contributed by atoms with Gasteiger partial charge in [0.25, 0.3) is 0 Å². The van der Waals surface area contributed by atoms with E-state index in [0.717, 1.165) is 0 Å². The number of halogens is 1. The molecule has 110 valence electrons. The Morgan fingerprint density at radius 3 is 2.95 bits per heavy atom. The fraction of sp³-hybridized carbons (Fsp3) is 0.357. The molecule has 2 aromatic rings. The zero-order valence-electron chi connectivity index (χ0n) is 11.4. The normalized spacial score (nSPS) is 13.7. The summed E-state index contributed by atoms with van der Waals surface area (Å²) in [6.07, 6.45) is 0.667. The molecule has 21 heavy (non-hydrogen) atoms. The van der Waals surface area contributed by atoms with E-state index in [1.165, 1.54) is 24.5 Å². The summed E-state index contributed by atoms with van der Waals surface area (Å²) in [6, 6.07) is 2.67. The van der Waals surface area contributed by atoms with Crippen LogP contribution in [0.3, 0.4) is 0 Å². The molecule has 1 aromatic heterocycles. The van der Waals surface area contributed by atoms with Crippen molar-refractivity contribution >= 4 is 16.8 Å². The van der Waals surface area contributed by atoms with Crippen LogP contribution in [0.25, 0.3) is 21.4 Å². The van der Waals surface area contributed by atoms with Gasteiger partial charge in [0, 0.05) is 16.9 Å². The number of Topliss-reactive ketones (excluding diaryl/α,β-unsaturated/α-hetero) is 1. The van der Waals surface area contributed by atoms with Crippen molar-refractivity contribution in [2.45, 2.75) is 31.9 Å². The number of carbonyl (C=O) groups excluding carboxylic acids is 1. The topological polar surface area (TPSA) is 99.2 Å². The summed E-state index contributed by atoms with van der Waals surface area (Å²) < 4.78 is 18.8. The number of carbonyl (C=O) groups is 1. The molecule has 7 heteroatoms. The van der Waals surface area contributed by atoms with Crippen LogP contribution in [0.15, 0.2) is 34.0 Å². The SMILES string of the molecule is CCCC(=O)C(N=[N+]=[N-])C(O)c1ccc(F)c2ccoc12. The van der Waals surface area contributed by atoms with E-state index in [1.807, 2.05) is 0 Å². The van der Waals surface area contributed by atoms with Crippen molar-refractivity contribution in [2.24, 2.45) is 5.11 Å². The highest BCUT2D eigenvalue weighted by atomic mass is 19.1. The first kappa shape index (κ1) is 15.0. The predicted octanol–water partition coefficient (Wildman–Crippen LogP) is 3.65. The lowest BCUT2D eigenvalue weighted by atomic mass is 9.96. The van der Waals surface area contributed by atoms with Gasteiger partial charge < -0.3 is 9.52 Å². The highest BCUT2D eigenvalue weighted by Crippen LogP contribution is 2.30. The van der Waals surface area contributed by atoms with Crippen LogP contribution < -0.4 is 0 Å². The fourth-order valence-corrected chi connectivity index (χ4v) is 2.21. The molecular weight excluding hydrogens is 277 g/mol. The number of hydrogen-bond acceptors (Lipinski definition) is 4. The number of rotatable bonds is 6. The summed E-state index contributed by atoms with van der Waals surface area (Å²) in [5, 5.41) is 13.9. The van der Waals surface area contributed by atoms with Crippen molar-refractivity contribution in [1.82, 2.24) is 0 Å². The molecule has 0 spiro atoms. The molecule has 0 fully saturated rings. The fourth-order valence-electron chi connectivity index (χ4n) is 2.21. The Balaban J connectivity index is 2.46. The molecule has 1 N–H and O–H groups in total. The van der Waals surface area contributed by atoms with Crippen molar-refractivity contribution in [3.05, 3.63) is 46.3 Å². The molecule has 0 bridgehead atoms. The van der Waals surface area contributed by atoms with E-state index in [4.69, 9.17) is 9.95 Å². The molecule has 2 atom stereocenters. The zero-order valence-corrected chi connectivity index (χ0v) is 11.4. The van der Waals surface area contributed by atoms with Crippen LogP contribution in [-0.4, -0.2) is 16.9 Å². The molecule has 0 amide bonds. The molecule has 0 aliphatic heterocycles. The second-order valence-corrected chi connectivity index (χ2v) is 4.61. The summed E-state index contributed by atoms with van der Waals surface area (Å²) in [5.41, 5.74) is 8.94. The lowest BCUT2D eigenvalue weighted by molar-refractivity contribution is -0.122. The summed E-state index contributed by atoms with van der Waals surface area (Å²) >= 11 is 0. The lowest BCUT2D eigenvalue weighted by Gasteiger charge is -2.17. The number of ketones is 1. The first-order chi connectivity index (χ1) is 10.1. The first-order valence-corrected chi connectivity index (χ1v) is 6.50. The van der Waals surface area contributed by atoms with Crippen LogP contribution >= 0.6 is 0 Å².